The SMILES string of the molecule is C/C(CCc1ccc(OCCc2cnn(C)c2)cc1)=N/O. The summed E-state index contributed by atoms with van der Waals surface area (Å²) in [4.78, 5) is 0. The van der Waals surface area contributed by atoms with Gasteiger partial charge in [0.1, 0.15) is 5.75 Å². The summed E-state index contributed by atoms with van der Waals surface area (Å²) in [6.45, 7) is 2.46. The van der Waals surface area contributed by atoms with Crippen LogP contribution in [-0.4, -0.2) is 27.3 Å². The summed E-state index contributed by atoms with van der Waals surface area (Å²) in [5.41, 5.74) is 3.12. The van der Waals surface area contributed by atoms with Gasteiger partial charge in [-0.2, -0.15) is 5.10 Å². The molecule has 1 heterocycles. The molecule has 0 fully saturated rings. The van der Waals surface area contributed by atoms with Crippen molar-refractivity contribution >= 4 is 5.71 Å². The highest BCUT2D eigenvalue weighted by molar-refractivity contribution is 5.81. The summed E-state index contributed by atoms with van der Waals surface area (Å²) in [7, 11) is 1.91. The van der Waals surface area contributed by atoms with Crippen molar-refractivity contribution in [2.24, 2.45) is 12.2 Å². The molecule has 1 N–H and O–H groups in total. The third kappa shape index (κ3) is 4.95. The van der Waals surface area contributed by atoms with Crippen LogP contribution in [0.15, 0.2) is 41.8 Å². The number of benzene rings is 1. The highest BCUT2D eigenvalue weighted by atomic mass is 16.5. The average Bonchev–Trinajstić information content (AvgIpc) is 2.91. The molecule has 1 aromatic carbocycles. The highest BCUT2D eigenvalue weighted by Crippen LogP contribution is 2.14. The van der Waals surface area contributed by atoms with Gasteiger partial charge in [0.05, 0.1) is 18.5 Å². The van der Waals surface area contributed by atoms with Crippen molar-refractivity contribution in [3.8, 4) is 5.75 Å². The van der Waals surface area contributed by atoms with Crippen LogP contribution < -0.4 is 4.74 Å². The van der Waals surface area contributed by atoms with Gasteiger partial charge < -0.3 is 9.94 Å². The molecule has 0 saturated heterocycles. The minimum Gasteiger partial charge on any atom is -0.493 e. The number of hydrogen-bond donors (Lipinski definition) is 1. The maximum absolute atomic E-state index is 8.61. The van der Waals surface area contributed by atoms with Gasteiger partial charge in [-0.1, -0.05) is 17.3 Å². The van der Waals surface area contributed by atoms with Crippen molar-refractivity contribution in [3.63, 3.8) is 0 Å². The topological polar surface area (TPSA) is 59.6 Å². The first-order valence-corrected chi connectivity index (χ1v) is 7.04. The molecule has 2 rings (SSSR count). The van der Waals surface area contributed by atoms with E-state index in [0.717, 1.165) is 30.7 Å². The summed E-state index contributed by atoms with van der Waals surface area (Å²) >= 11 is 0. The summed E-state index contributed by atoms with van der Waals surface area (Å²) in [5.74, 6) is 0.871. The van der Waals surface area contributed by atoms with Gasteiger partial charge in [-0.3, -0.25) is 4.68 Å². The van der Waals surface area contributed by atoms with Gasteiger partial charge in [0.2, 0.25) is 0 Å². The Labute approximate surface area is 124 Å². The molecular weight excluding hydrogens is 266 g/mol. The van der Waals surface area contributed by atoms with Gasteiger partial charge in [0, 0.05) is 19.7 Å². The number of ether oxygens (including phenoxy) is 1. The predicted molar refractivity (Wildman–Crippen MR) is 82.1 cm³/mol. The van der Waals surface area contributed by atoms with E-state index in [-0.39, 0.29) is 0 Å². The van der Waals surface area contributed by atoms with Crippen molar-refractivity contribution in [2.45, 2.75) is 26.2 Å². The van der Waals surface area contributed by atoms with Crippen molar-refractivity contribution in [2.75, 3.05) is 6.61 Å². The lowest BCUT2D eigenvalue weighted by Crippen LogP contribution is -2.01. The van der Waals surface area contributed by atoms with E-state index in [1.54, 1.807) is 4.68 Å². The molecular formula is C16H21N3O2. The molecule has 0 aliphatic rings. The van der Waals surface area contributed by atoms with E-state index in [1.165, 1.54) is 11.1 Å². The number of hydrogen-bond acceptors (Lipinski definition) is 4. The molecule has 0 atom stereocenters. The molecule has 5 heteroatoms. The molecule has 0 spiro atoms. The van der Waals surface area contributed by atoms with Crippen LogP contribution in [0.1, 0.15) is 24.5 Å². The quantitative estimate of drug-likeness (QED) is 0.484. The van der Waals surface area contributed by atoms with Crippen molar-refractivity contribution in [1.29, 1.82) is 0 Å². The van der Waals surface area contributed by atoms with Crippen LogP contribution in [0.25, 0.3) is 0 Å². The van der Waals surface area contributed by atoms with Crippen LogP contribution >= 0.6 is 0 Å². The molecule has 0 unspecified atom stereocenters. The van der Waals surface area contributed by atoms with Crippen LogP contribution in [0, 0.1) is 0 Å². The lowest BCUT2D eigenvalue weighted by molar-refractivity contribution is 0.317. The molecule has 5 nitrogen and oxygen atoms in total. The minimum atomic E-state index is 0.640. The van der Waals surface area contributed by atoms with Gasteiger partial charge in [-0.05, 0) is 43.0 Å². The normalized spacial score (nSPS) is 11.6. The van der Waals surface area contributed by atoms with Crippen LogP contribution in [0.3, 0.4) is 0 Å². The Morgan fingerprint density at radius 1 is 1.24 bits per heavy atom. The molecule has 0 radical (unpaired) electrons. The van der Waals surface area contributed by atoms with E-state index < -0.39 is 0 Å². The Hall–Kier alpha value is -2.30. The highest BCUT2D eigenvalue weighted by Gasteiger charge is 2.00. The smallest absolute Gasteiger partial charge is 0.119 e. The Kier molecular flexibility index (Phi) is 5.37. The van der Waals surface area contributed by atoms with Gasteiger partial charge in [-0.15, -0.1) is 0 Å². The zero-order chi connectivity index (χ0) is 15.1. The Morgan fingerprint density at radius 2 is 2.00 bits per heavy atom. The monoisotopic (exact) mass is 287 g/mol. The van der Waals surface area contributed by atoms with E-state index in [0.29, 0.717) is 6.61 Å². The fourth-order valence-electron chi connectivity index (χ4n) is 2.02. The summed E-state index contributed by atoms with van der Waals surface area (Å²) in [5, 5.41) is 15.9. The maximum Gasteiger partial charge on any atom is 0.119 e. The molecule has 1 aromatic heterocycles. The standard InChI is InChI=1S/C16H21N3O2/c1-13(18-20)3-4-14-5-7-16(8-6-14)21-10-9-15-11-17-19(2)12-15/h5-8,11-12,20H,3-4,9-10H2,1-2H3/b18-13-. The van der Waals surface area contributed by atoms with E-state index >= 15 is 0 Å². The molecule has 112 valence electrons. The Morgan fingerprint density at radius 3 is 2.62 bits per heavy atom. The second kappa shape index (κ2) is 7.47. The number of rotatable bonds is 7. The molecule has 0 aliphatic heterocycles. The predicted octanol–water partition coefficient (Wildman–Crippen LogP) is 2.82. The van der Waals surface area contributed by atoms with Gasteiger partial charge in [-0.25, -0.2) is 0 Å². The zero-order valence-corrected chi connectivity index (χ0v) is 12.5. The number of oxime groups is 1. The first-order valence-electron chi connectivity index (χ1n) is 7.04. The van der Waals surface area contributed by atoms with Crippen LogP contribution in [0.4, 0.5) is 0 Å². The average molecular weight is 287 g/mol. The minimum absolute atomic E-state index is 0.640. The molecule has 21 heavy (non-hydrogen) atoms. The molecule has 0 amide bonds. The second-order valence-corrected chi connectivity index (χ2v) is 5.10. The molecule has 2 aromatic rings. The summed E-state index contributed by atoms with van der Waals surface area (Å²) in [6.07, 6.45) is 6.33. The fraction of sp³-hybridized carbons (Fsp3) is 0.375. The zero-order valence-electron chi connectivity index (χ0n) is 12.5. The van der Waals surface area contributed by atoms with Crippen LogP contribution in [0.5, 0.6) is 5.75 Å². The number of aryl methyl sites for hydroxylation is 2. The first kappa shape index (κ1) is 15.1. The van der Waals surface area contributed by atoms with Crippen molar-refractivity contribution in [1.82, 2.24) is 9.78 Å². The third-order valence-corrected chi connectivity index (χ3v) is 3.29. The Bertz CT molecular complexity index is 588. The van der Waals surface area contributed by atoms with Crippen molar-refractivity contribution < 1.29 is 9.94 Å². The summed E-state index contributed by atoms with van der Waals surface area (Å²) in [6, 6.07) is 8.04. The molecule has 0 aliphatic carbocycles. The largest absolute Gasteiger partial charge is 0.493 e. The first-order chi connectivity index (χ1) is 10.2. The van der Waals surface area contributed by atoms with E-state index in [2.05, 4.69) is 10.3 Å². The second-order valence-electron chi connectivity index (χ2n) is 5.10. The maximum atomic E-state index is 8.61. The van der Waals surface area contributed by atoms with Crippen LogP contribution in [-0.2, 0) is 19.9 Å². The van der Waals surface area contributed by atoms with Gasteiger partial charge in [0.15, 0.2) is 0 Å². The van der Waals surface area contributed by atoms with Gasteiger partial charge in [0.25, 0.3) is 0 Å². The lowest BCUT2D eigenvalue weighted by atomic mass is 10.1. The number of aromatic nitrogens is 2. The van der Waals surface area contributed by atoms with Gasteiger partial charge >= 0.3 is 0 Å². The number of nitrogens with zero attached hydrogens (tertiary/aromatic N) is 3. The Balaban J connectivity index is 1.77. The molecule has 0 saturated carbocycles. The van der Waals surface area contributed by atoms with Crippen LogP contribution in [0.2, 0.25) is 0 Å². The fourth-order valence-corrected chi connectivity index (χ4v) is 2.02. The van der Waals surface area contributed by atoms with E-state index in [4.69, 9.17) is 9.94 Å². The molecule has 0 bridgehead atoms. The summed E-state index contributed by atoms with van der Waals surface area (Å²) < 4.78 is 7.51. The third-order valence-electron chi connectivity index (χ3n) is 3.29. The lowest BCUT2D eigenvalue weighted by Gasteiger charge is -2.06. The van der Waals surface area contributed by atoms with E-state index in [9.17, 15) is 0 Å². The van der Waals surface area contributed by atoms with Crippen molar-refractivity contribution in [3.05, 3.63) is 47.8 Å². The van der Waals surface area contributed by atoms with E-state index in [1.807, 2.05) is 50.6 Å².